The molecule has 0 N–H and O–H groups in total. The lowest BCUT2D eigenvalue weighted by atomic mass is 9.85. The zero-order chi connectivity index (χ0) is 31.2. The SMILES string of the molecule is Cc1ccc(N2N=C(C(=O)c3ccccc3)S[C@]23c2ccccc2C(c2ccc(C(C)(C)C)cc2)=NN3c2ccccc2)cc1. The van der Waals surface area contributed by atoms with E-state index in [9.17, 15) is 4.79 Å². The summed E-state index contributed by atoms with van der Waals surface area (Å²) in [6.45, 7) is 8.74. The van der Waals surface area contributed by atoms with Crippen molar-refractivity contribution in [3.05, 3.63) is 167 Å². The molecule has 0 unspecified atom stereocenters. The normalized spacial score (nSPS) is 17.6. The van der Waals surface area contributed by atoms with E-state index in [2.05, 4.69) is 113 Å². The number of rotatable bonds is 5. The highest BCUT2D eigenvalue weighted by atomic mass is 32.2. The van der Waals surface area contributed by atoms with Crippen molar-refractivity contribution in [3.63, 3.8) is 0 Å². The predicted molar refractivity (Wildman–Crippen MR) is 187 cm³/mol. The highest BCUT2D eigenvalue weighted by Crippen LogP contribution is 2.55. The molecule has 0 amide bonds. The van der Waals surface area contributed by atoms with Gasteiger partial charge in [0.05, 0.1) is 17.1 Å². The van der Waals surface area contributed by atoms with Gasteiger partial charge in [-0.3, -0.25) is 4.79 Å². The molecule has 2 aliphatic heterocycles. The van der Waals surface area contributed by atoms with Crippen LogP contribution in [-0.2, 0) is 10.4 Å². The molecule has 5 aromatic rings. The third-order valence-corrected chi connectivity index (χ3v) is 9.58. The van der Waals surface area contributed by atoms with Crippen LogP contribution in [0.5, 0.6) is 0 Å². The second-order valence-electron chi connectivity index (χ2n) is 12.4. The molecule has 0 bridgehead atoms. The molecule has 45 heavy (non-hydrogen) atoms. The van der Waals surface area contributed by atoms with E-state index in [1.54, 1.807) is 0 Å². The minimum absolute atomic E-state index is 0.0407. The molecule has 5 aromatic carbocycles. The molecular formula is C39H34N4OS. The lowest BCUT2D eigenvalue weighted by Crippen LogP contribution is -2.54. The van der Waals surface area contributed by atoms with Crippen LogP contribution in [-0.4, -0.2) is 16.5 Å². The third-order valence-electron chi connectivity index (χ3n) is 8.27. The molecule has 1 atom stereocenters. The van der Waals surface area contributed by atoms with Crippen molar-refractivity contribution >= 4 is 39.7 Å². The lowest BCUT2D eigenvalue weighted by Gasteiger charge is -2.47. The van der Waals surface area contributed by atoms with Gasteiger partial charge in [0, 0.05) is 22.3 Å². The Morgan fingerprint density at radius 2 is 1.24 bits per heavy atom. The molecule has 2 aliphatic rings. The van der Waals surface area contributed by atoms with Crippen LogP contribution in [0.15, 0.2) is 144 Å². The minimum atomic E-state index is -1.01. The molecule has 0 aliphatic carbocycles. The van der Waals surface area contributed by atoms with Crippen molar-refractivity contribution in [3.8, 4) is 0 Å². The maximum absolute atomic E-state index is 14.0. The molecule has 5 nitrogen and oxygen atoms in total. The van der Waals surface area contributed by atoms with Crippen LogP contribution in [0.3, 0.4) is 0 Å². The first-order chi connectivity index (χ1) is 21.8. The van der Waals surface area contributed by atoms with E-state index in [4.69, 9.17) is 10.2 Å². The first kappa shape index (κ1) is 28.8. The summed E-state index contributed by atoms with van der Waals surface area (Å²) in [5.41, 5.74) is 8.71. The van der Waals surface area contributed by atoms with Gasteiger partial charge in [-0.1, -0.05) is 136 Å². The molecule has 0 aromatic heterocycles. The van der Waals surface area contributed by atoms with E-state index in [1.807, 2.05) is 58.5 Å². The molecule has 6 heteroatoms. The number of fused-ring (bicyclic) bond motifs is 2. The molecule has 0 fully saturated rings. The summed E-state index contributed by atoms with van der Waals surface area (Å²) in [5.74, 6) is -0.118. The Labute approximate surface area is 268 Å². The smallest absolute Gasteiger partial charge is 0.234 e. The first-order valence-corrected chi connectivity index (χ1v) is 16.0. The number of hydrazone groups is 2. The van der Waals surface area contributed by atoms with Crippen molar-refractivity contribution in [2.75, 3.05) is 10.0 Å². The zero-order valence-electron chi connectivity index (χ0n) is 25.8. The fourth-order valence-electron chi connectivity index (χ4n) is 5.84. The van der Waals surface area contributed by atoms with Crippen LogP contribution < -0.4 is 10.0 Å². The number of hydrogen-bond acceptors (Lipinski definition) is 6. The van der Waals surface area contributed by atoms with Crippen LogP contribution in [0, 0.1) is 6.92 Å². The number of thioether (sulfide) groups is 1. The van der Waals surface area contributed by atoms with E-state index in [-0.39, 0.29) is 11.2 Å². The number of Topliss-reactive ketones (excluding diaryl/α,β-unsaturated/α-hetero) is 1. The second-order valence-corrected chi connectivity index (χ2v) is 13.6. The number of carbonyl (C=O) groups excluding carboxylic acids is 1. The molecular weight excluding hydrogens is 573 g/mol. The van der Waals surface area contributed by atoms with Gasteiger partial charge >= 0.3 is 0 Å². The van der Waals surface area contributed by atoms with Crippen molar-refractivity contribution in [1.29, 1.82) is 0 Å². The quantitative estimate of drug-likeness (QED) is 0.187. The lowest BCUT2D eigenvalue weighted by molar-refractivity contribution is 0.106. The van der Waals surface area contributed by atoms with Crippen molar-refractivity contribution in [2.24, 2.45) is 10.2 Å². The van der Waals surface area contributed by atoms with E-state index >= 15 is 0 Å². The Hall–Kier alpha value is -4.94. The van der Waals surface area contributed by atoms with Gasteiger partial charge in [0.25, 0.3) is 0 Å². The van der Waals surface area contributed by atoms with E-state index in [0.717, 1.165) is 39.3 Å². The summed E-state index contributed by atoms with van der Waals surface area (Å²) in [6, 6.07) is 44.9. The van der Waals surface area contributed by atoms with Crippen LogP contribution >= 0.6 is 11.8 Å². The van der Waals surface area contributed by atoms with Crippen LogP contribution in [0.2, 0.25) is 0 Å². The molecule has 0 radical (unpaired) electrons. The Morgan fingerprint density at radius 3 is 1.91 bits per heavy atom. The predicted octanol–water partition coefficient (Wildman–Crippen LogP) is 9.13. The van der Waals surface area contributed by atoms with Crippen LogP contribution in [0.1, 0.15) is 58.9 Å². The summed E-state index contributed by atoms with van der Waals surface area (Å²) >= 11 is 1.44. The molecule has 7 rings (SSSR count). The maximum Gasteiger partial charge on any atom is 0.234 e. The average molecular weight is 607 g/mol. The average Bonchev–Trinajstić information content (AvgIpc) is 3.46. The molecule has 2 heterocycles. The van der Waals surface area contributed by atoms with Gasteiger partial charge in [-0.25, -0.2) is 10.0 Å². The summed E-state index contributed by atoms with van der Waals surface area (Å²) in [6.07, 6.45) is 0. The number of anilines is 2. The van der Waals surface area contributed by atoms with Gasteiger partial charge in [0.2, 0.25) is 10.8 Å². The Balaban J connectivity index is 1.47. The topological polar surface area (TPSA) is 48.3 Å². The number of carbonyl (C=O) groups is 1. The monoisotopic (exact) mass is 606 g/mol. The molecule has 1 spiro atoms. The first-order valence-electron chi connectivity index (χ1n) is 15.1. The summed E-state index contributed by atoms with van der Waals surface area (Å²) in [5, 5.41) is 15.0. The maximum atomic E-state index is 14.0. The van der Waals surface area contributed by atoms with Gasteiger partial charge in [0.15, 0.2) is 5.04 Å². The summed E-state index contributed by atoms with van der Waals surface area (Å²) < 4.78 is 0. The van der Waals surface area contributed by atoms with Gasteiger partial charge in [0.1, 0.15) is 0 Å². The summed E-state index contributed by atoms with van der Waals surface area (Å²) in [4.78, 5) is 13.0. The zero-order valence-corrected chi connectivity index (χ0v) is 26.6. The molecule has 0 saturated carbocycles. The standard InChI is InChI=1S/C39H34N4OS/c1-27-19-25-32(26-20-27)43-39(45-37(41-43)36(44)29-13-7-5-8-14-29)34-18-12-11-17-33(34)35(40-42(39)31-15-9-6-10-16-31)28-21-23-30(24-22-28)38(2,3)4/h5-26H,1-4H3/t39-/m0/s1. The van der Waals surface area contributed by atoms with Gasteiger partial charge < -0.3 is 0 Å². The van der Waals surface area contributed by atoms with E-state index < -0.39 is 4.99 Å². The number of aryl methyl sites for hydroxylation is 1. The fourth-order valence-corrected chi connectivity index (χ4v) is 7.19. The Bertz CT molecular complexity index is 1930. The summed E-state index contributed by atoms with van der Waals surface area (Å²) in [7, 11) is 0. The molecule has 222 valence electrons. The second kappa shape index (κ2) is 11.2. The third kappa shape index (κ3) is 5.05. The highest BCUT2D eigenvalue weighted by Gasteiger charge is 2.56. The van der Waals surface area contributed by atoms with Crippen molar-refractivity contribution < 1.29 is 4.79 Å². The van der Waals surface area contributed by atoms with Crippen molar-refractivity contribution in [2.45, 2.75) is 38.1 Å². The largest absolute Gasteiger partial charge is 0.286 e. The number of hydrogen-bond donors (Lipinski definition) is 0. The van der Waals surface area contributed by atoms with E-state index in [1.165, 1.54) is 17.3 Å². The van der Waals surface area contributed by atoms with Crippen LogP contribution in [0.4, 0.5) is 11.4 Å². The highest BCUT2D eigenvalue weighted by molar-refractivity contribution is 8.17. The Morgan fingerprint density at radius 1 is 0.667 bits per heavy atom. The van der Waals surface area contributed by atoms with Gasteiger partial charge in [-0.15, -0.1) is 0 Å². The molecule has 0 saturated heterocycles. The number of benzene rings is 5. The minimum Gasteiger partial charge on any atom is -0.286 e. The number of para-hydroxylation sites is 1. The van der Waals surface area contributed by atoms with Crippen LogP contribution in [0.25, 0.3) is 0 Å². The van der Waals surface area contributed by atoms with E-state index in [0.29, 0.717) is 10.6 Å². The van der Waals surface area contributed by atoms with Gasteiger partial charge in [-0.2, -0.15) is 10.2 Å². The van der Waals surface area contributed by atoms with Crippen molar-refractivity contribution in [1.82, 2.24) is 0 Å². The van der Waals surface area contributed by atoms with Gasteiger partial charge in [-0.05, 0) is 53.9 Å². The Kier molecular flexibility index (Phi) is 7.17. The number of ketones is 1. The number of nitrogens with zero attached hydrogens (tertiary/aromatic N) is 4. The fraction of sp³-hybridized carbons (Fsp3) is 0.154.